The van der Waals surface area contributed by atoms with E-state index in [0.29, 0.717) is 0 Å². The third-order valence-electron chi connectivity index (χ3n) is 4.20. The molecule has 3 rings (SSSR count). The first kappa shape index (κ1) is 16.5. The molecule has 3 aromatic rings. The first-order valence-electron chi connectivity index (χ1n) is 8.43. The van der Waals surface area contributed by atoms with Gasteiger partial charge in [-0.2, -0.15) is 0 Å². The average molecular weight is 342 g/mol. The maximum atomic E-state index is 6.51. The Morgan fingerprint density at radius 3 is 1.74 bits per heavy atom. The zero-order chi connectivity index (χ0) is 16.7. The molecule has 1 aromatic heterocycles. The predicted molar refractivity (Wildman–Crippen MR) is 106 cm³/mol. The number of rotatable bonds is 5. The van der Waals surface area contributed by atoms with Crippen LogP contribution in [0, 0.1) is 0 Å². The molecule has 2 nitrogen and oxygen atoms in total. The molecule has 4 heteroatoms. The van der Waals surface area contributed by atoms with Gasteiger partial charge in [-0.05, 0) is 50.9 Å². The number of para-hydroxylation sites is 2. The van der Waals surface area contributed by atoms with Crippen molar-refractivity contribution in [2.45, 2.75) is 45.3 Å². The van der Waals surface area contributed by atoms with E-state index in [-0.39, 0.29) is 0 Å². The van der Waals surface area contributed by atoms with Crippen molar-refractivity contribution in [1.29, 1.82) is 0 Å². The van der Waals surface area contributed by atoms with Gasteiger partial charge in [0.1, 0.15) is 0 Å². The third kappa shape index (κ3) is 3.60. The summed E-state index contributed by atoms with van der Waals surface area (Å²) in [4.78, 5) is 0. The Labute approximate surface area is 141 Å². The monoisotopic (exact) mass is 341 g/mol. The highest BCUT2D eigenvalue weighted by Crippen LogP contribution is 2.30. The van der Waals surface area contributed by atoms with Crippen LogP contribution in [0.1, 0.15) is 0 Å². The number of aryl methyl sites for hydroxylation is 1. The second-order valence-corrected chi connectivity index (χ2v) is 17.0. The van der Waals surface area contributed by atoms with Crippen LogP contribution in [0.5, 0.6) is 0 Å². The highest BCUT2D eigenvalue weighted by molar-refractivity contribution is 6.84. The maximum absolute atomic E-state index is 6.51. The Morgan fingerprint density at radius 2 is 1.26 bits per heavy atom. The molecule has 2 aromatic carbocycles. The van der Waals surface area contributed by atoms with Crippen molar-refractivity contribution in [2.24, 2.45) is 0 Å². The van der Waals surface area contributed by atoms with Crippen LogP contribution in [0.4, 0.5) is 0 Å². The number of fused-ring (bicyclic) bond motifs is 3. The fraction of sp³-hybridized carbons (Fsp3) is 0.368. The van der Waals surface area contributed by atoms with E-state index in [2.05, 4.69) is 85.8 Å². The predicted octanol–water partition coefficient (Wildman–Crippen LogP) is 5.85. The van der Waals surface area contributed by atoms with Gasteiger partial charge in [0.2, 0.25) is 0 Å². The van der Waals surface area contributed by atoms with E-state index in [1.807, 2.05) is 0 Å². The summed E-state index contributed by atoms with van der Waals surface area (Å²) in [5.74, 6) is 0. The van der Waals surface area contributed by atoms with Crippen LogP contribution < -0.4 is 0 Å². The van der Waals surface area contributed by atoms with Gasteiger partial charge in [0, 0.05) is 28.4 Å². The molecule has 0 fully saturated rings. The number of hydrogen-bond donors (Lipinski definition) is 0. The molecule has 0 aliphatic carbocycles. The highest BCUT2D eigenvalue weighted by atomic mass is 28.4. The molecule has 23 heavy (non-hydrogen) atoms. The van der Waals surface area contributed by atoms with Gasteiger partial charge < -0.3 is 8.68 Å². The van der Waals surface area contributed by atoms with Crippen LogP contribution in [-0.2, 0) is 10.7 Å². The van der Waals surface area contributed by atoms with Crippen molar-refractivity contribution >= 4 is 38.4 Å². The summed E-state index contributed by atoms with van der Waals surface area (Å²) in [7, 11) is -3.10. The zero-order valence-corrected chi connectivity index (χ0v) is 16.9. The maximum Gasteiger partial charge on any atom is 0.175 e. The van der Waals surface area contributed by atoms with E-state index in [9.17, 15) is 0 Å². The van der Waals surface area contributed by atoms with Gasteiger partial charge in [-0.25, -0.2) is 0 Å². The van der Waals surface area contributed by atoms with Gasteiger partial charge in [-0.15, -0.1) is 0 Å². The molecule has 122 valence electrons. The average Bonchev–Trinajstić information content (AvgIpc) is 2.77. The van der Waals surface area contributed by atoms with E-state index < -0.39 is 16.6 Å². The summed E-state index contributed by atoms with van der Waals surface area (Å²) in [5.41, 5.74) is 2.68. The molecule has 0 saturated heterocycles. The minimum absolute atomic E-state index is 1.04. The van der Waals surface area contributed by atoms with E-state index in [4.69, 9.17) is 4.12 Å². The van der Waals surface area contributed by atoms with Crippen LogP contribution in [0.25, 0.3) is 21.8 Å². The van der Waals surface area contributed by atoms with Crippen molar-refractivity contribution in [3.8, 4) is 0 Å². The van der Waals surface area contributed by atoms with E-state index in [1.54, 1.807) is 0 Å². The smallest absolute Gasteiger partial charge is 0.175 e. The third-order valence-corrected chi connectivity index (χ3v) is 10.3. The normalized spacial score (nSPS) is 13.1. The molecule has 0 atom stereocenters. The Balaban J connectivity index is 1.96. The van der Waals surface area contributed by atoms with Crippen molar-refractivity contribution in [2.75, 3.05) is 0 Å². The molecule has 1 heterocycles. The van der Waals surface area contributed by atoms with E-state index in [1.165, 1.54) is 21.8 Å². The fourth-order valence-corrected chi connectivity index (χ4v) is 11.3. The van der Waals surface area contributed by atoms with Crippen LogP contribution >= 0.6 is 0 Å². The first-order valence-corrected chi connectivity index (χ1v) is 15.0. The van der Waals surface area contributed by atoms with Crippen molar-refractivity contribution in [3.05, 3.63) is 48.5 Å². The molecule has 0 amide bonds. The van der Waals surface area contributed by atoms with Crippen LogP contribution in [0.3, 0.4) is 0 Å². The Morgan fingerprint density at radius 1 is 0.783 bits per heavy atom. The summed E-state index contributed by atoms with van der Waals surface area (Å²) < 4.78 is 8.99. The molecular formula is C19H27NOSi2. The van der Waals surface area contributed by atoms with Gasteiger partial charge in [0.25, 0.3) is 0 Å². The molecule has 0 radical (unpaired) electrons. The largest absolute Gasteiger partial charge is 0.456 e. The van der Waals surface area contributed by atoms with Gasteiger partial charge in [-0.3, -0.25) is 0 Å². The lowest BCUT2D eigenvalue weighted by Crippen LogP contribution is -2.42. The Bertz CT molecular complexity index is 777. The lowest BCUT2D eigenvalue weighted by molar-refractivity contribution is 0.540. The van der Waals surface area contributed by atoms with Gasteiger partial charge >= 0.3 is 0 Å². The first-order chi connectivity index (χ1) is 10.8. The second kappa shape index (κ2) is 5.93. The van der Waals surface area contributed by atoms with Gasteiger partial charge in [-0.1, -0.05) is 36.4 Å². The van der Waals surface area contributed by atoms with Crippen LogP contribution in [0.2, 0.25) is 38.8 Å². The fourth-order valence-electron chi connectivity index (χ4n) is 3.51. The second-order valence-electron chi connectivity index (χ2n) is 7.91. The standard InChI is InChI=1S/C19H27NOSi2/c1-22(2,3)21-23(4,5)15-14-20-18-12-8-6-10-16(18)17-11-7-9-13-19(17)20/h6-13H,14-15H2,1-5H3. The molecule has 0 bridgehead atoms. The summed E-state index contributed by atoms with van der Waals surface area (Å²) in [5, 5.41) is 2.71. The number of aromatic nitrogens is 1. The SMILES string of the molecule is C[Si](C)(C)O[Si](C)(C)CCn1c2ccccc2c2ccccc21. The molecule has 0 aliphatic rings. The molecular weight excluding hydrogens is 314 g/mol. The summed E-state index contributed by atoms with van der Waals surface area (Å²) in [6.07, 6.45) is 0. The lowest BCUT2D eigenvalue weighted by Gasteiger charge is -2.31. The molecule has 0 aliphatic heterocycles. The summed E-state index contributed by atoms with van der Waals surface area (Å²) in [6.45, 7) is 12.6. The van der Waals surface area contributed by atoms with Crippen molar-refractivity contribution in [1.82, 2.24) is 4.57 Å². The highest BCUT2D eigenvalue weighted by Gasteiger charge is 2.29. The Kier molecular flexibility index (Phi) is 4.25. The number of nitrogens with zero attached hydrogens (tertiary/aromatic N) is 1. The number of benzene rings is 2. The summed E-state index contributed by atoms with van der Waals surface area (Å²) in [6, 6.07) is 18.6. The Hall–Kier alpha value is -1.37. The molecule has 0 unspecified atom stereocenters. The zero-order valence-electron chi connectivity index (χ0n) is 14.9. The lowest BCUT2D eigenvalue weighted by atomic mass is 10.2. The minimum Gasteiger partial charge on any atom is -0.456 e. The van der Waals surface area contributed by atoms with E-state index in [0.717, 1.165) is 12.6 Å². The quantitative estimate of drug-likeness (QED) is 0.531. The van der Waals surface area contributed by atoms with Crippen LogP contribution in [-0.4, -0.2) is 21.2 Å². The number of hydrogen-bond acceptors (Lipinski definition) is 1. The topological polar surface area (TPSA) is 14.2 Å². The minimum atomic E-state index is -1.63. The van der Waals surface area contributed by atoms with Crippen LogP contribution in [0.15, 0.2) is 48.5 Å². The van der Waals surface area contributed by atoms with Crippen molar-refractivity contribution in [3.63, 3.8) is 0 Å². The van der Waals surface area contributed by atoms with E-state index >= 15 is 0 Å². The molecule has 0 N–H and O–H groups in total. The summed E-state index contributed by atoms with van der Waals surface area (Å²) >= 11 is 0. The van der Waals surface area contributed by atoms with Crippen molar-refractivity contribution < 1.29 is 4.12 Å². The molecule has 0 saturated carbocycles. The molecule has 0 spiro atoms. The van der Waals surface area contributed by atoms with Gasteiger partial charge in [0.15, 0.2) is 16.6 Å². The van der Waals surface area contributed by atoms with Gasteiger partial charge in [0.05, 0.1) is 0 Å².